The summed E-state index contributed by atoms with van der Waals surface area (Å²) in [7, 11) is 4.11. The zero-order valence-electron chi connectivity index (χ0n) is 19.5. The largest absolute Gasteiger partial charge is 0.494 e. The van der Waals surface area contributed by atoms with Gasteiger partial charge in [0.25, 0.3) is 0 Å². The molecule has 8 nitrogen and oxygen atoms in total. The summed E-state index contributed by atoms with van der Waals surface area (Å²) in [6.45, 7) is 10.3. The van der Waals surface area contributed by atoms with Crippen LogP contribution in [0, 0.1) is 0 Å². The van der Waals surface area contributed by atoms with Gasteiger partial charge in [0.1, 0.15) is 11.4 Å². The van der Waals surface area contributed by atoms with Gasteiger partial charge in [0.05, 0.1) is 13.2 Å². The fourth-order valence-corrected chi connectivity index (χ4v) is 2.98. The first-order valence-electron chi connectivity index (χ1n) is 10.5. The van der Waals surface area contributed by atoms with Crippen LogP contribution in [-0.2, 0) is 11.3 Å². The van der Waals surface area contributed by atoms with Crippen LogP contribution in [0.3, 0.4) is 0 Å². The maximum atomic E-state index is 12.2. The molecule has 1 aromatic carbocycles. The number of carbonyl (C=O) groups is 1. The molecule has 1 aromatic rings. The zero-order chi connectivity index (χ0) is 22.1. The number of benzene rings is 1. The van der Waals surface area contributed by atoms with Crippen molar-refractivity contribution in [3.63, 3.8) is 0 Å². The molecule has 1 heterocycles. The Hall–Kier alpha value is -1.75. The molecule has 2 rings (SSSR count). The summed E-state index contributed by atoms with van der Waals surface area (Å²) in [5.41, 5.74) is 6.76. The van der Waals surface area contributed by atoms with E-state index in [2.05, 4.69) is 24.0 Å². The van der Waals surface area contributed by atoms with Crippen LogP contribution in [-0.4, -0.2) is 85.8 Å². The van der Waals surface area contributed by atoms with Gasteiger partial charge in [-0.25, -0.2) is 9.79 Å². The average Bonchev–Trinajstić information content (AvgIpc) is 2.69. The molecule has 31 heavy (non-hydrogen) atoms. The second kappa shape index (κ2) is 12.9. The minimum Gasteiger partial charge on any atom is -0.494 e. The van der Waals surface area contributed by atoms with E-state index in [1.165, 1.54) is 0 Å². The Morgan fingerprint density at radius 2 is 1.68 bits per heavy atom. The molecule has 1 aliphatic rings. The quantitative estimate of drug-likeness (QED) is 0.245. The van der Waals surface area contributed by atoms with Crippen LogP contribution in [0.1, 0.15) is 32.8 Å². The highest BCUT2D eigenvalue weighted by atomic mass is 127. The van der Waals surface area contributed by atoms with Gasteiger partial charge in [-0.05, 0) is 59.0 Å². The fourth-order valence-electron chi connectivity index (χ4n) is 2.98. The minimum absolute atomic E-state index is 0. The lowest BCUT2D eigenvalue weighted by atomic mass is 10.2. The number of ether oxygens (including phenoxy) is 2. The Kier molecular flexibility index (Phi) is 11.4. The lowest BCUT2D eigenvalue weighted by molar-refractivity contribution is 0.0186. The van der Waals surface area contributed by atoms with Crippen molar-refractivity contribution >= 4 is 36.0 Å². The molecular weight excluding hydrogens is 509 g/mol. The van der Waals surface area contributed by atoms with Gasteiger partial charge in [0.2, 0.25) is 0 Å². The van der Waals surface area contributed by atoms with E-state index >= 15 is 0 Å². The van der Waals surface area contributed by atoms with Gasteiger partial charge in [-0.2, -0.15) is 0 Å². The van der Waals surface area contributed by atoms with Crippen molar-refractivity contribution in [3.8, 4) is 5.75 Å². The molecule has 0 aliphatic carbocycles. The van der Waals surface area contributed by atoms with Crippen molar-refractivity contribution in [1.29, 1.82) is 0 Å². The van der Waals surface area contributed by atoms with Crippen LogP contribution in [0.15, 0.2) is 29.3 Å². The van der Waals surface area contributed by atoms with Crippen molar-refractivity contribution in [2.24, 2.45) is 10.7 Å². The number of guanidine groups is 1. The third-order valence-corrected chi connectivity index (χ3v) is 4.62. The molecule has 1 amide bonds. The van der Waals surface area contributed by atoms with Gasteiger partial charge in [0.15, 0.2) is 5.96 Å². The first kappa shape index (κ1) is 27.3. The lowest BCUT2D eigenvalue weighted by Crippen LogP contribution is -2.53. The first-order chi connectivity index (χ1) is 14.1. The number of halogens is 1. The topological polar surface area (TPSA) is 83.6 Å². The van der Waals surface area contributed by atoms with Gasteiger partial charge in [-0.3, -0.25) is 0 Å². The van der Waals surface area contributed by atoms with E-state index < -0.39 is 5.60 Å². The predicted octanol–water partition coefficient (Wildman–Crippen LogP) is 3.00. The number of nitrogens with two attached hydrogens (primary N) is 1. The monoisotopic (exact) mass is 547 g/mol. The number of hydrogen-bond donors (Lipinski definition) is 1. The molecule has 0 radical (unpaired) electrons. The van der Waals surface area contributed by atoms with Gasteiger partial charge in [0, 0.05) is 32.7 Å². The van der Waals surface area contributed by atoms with E-state index in [4.69, 9.17) is 15.2 Å². The van der Waals surface area contributed by atoms with Crippen molar-refractivity contribution in [2.75, 3.05) is 53.4 Å². The fraction of sp³-hybridized carbons (Fsp3) is 0.636. The van der Waals surface area contributed by atoms with E-state index in [9.17, 15) is 4.79 Å². The van der Waals surface area contributed by atoms with Gasteiger partial charge < -0.3 is 29.9 Å². The number of amides is 1. The highest BCUT2D eigenvalue weighted by Crippen LogP contribution is 2.14. The Morgan fingerprint density at radius 1 is 1.10 bits per heavy atom. The molecule has 0 spiro atoms. The van der Waals surface area contributed by atoms with Crippen LogP contribution in [0.25, 0.3) is 0 Å². The summed E-state index contributed by atoms with van der Waals surface area (Å²) in [6, 6.07) is 7.96. The summed E-state index contributed by atoms with van der Waals surface area (Å²) in [5.74, 6) is 1.37. The summed E-state index contributed by atoms with van der Waals surface area (Å²) in [4.78, 5) is 22.5. The van der Waals surface area contributed by atoms with Gasteiger partial charge >= 0.3 is 6.09 Å². The summed E-state index contributed by atoms with van der Waals surface area (Å²) in [6.07, 6.45) is 0.721. The van der Waals surface area contributed by atoms with E-state index in [1.807, 2.05) is 49.9 Å². The minimum atomic E-state index is -0.485. The summed E-state index contributed by atoms with van der Waals surface area (Å²) in [5, 5.41) is 0. The number of aliphatic imine (C=N–C) groups is 1. The Labute approximate surface area is 203 Å². The van der Waals surface area contributed by atoms with Crippen LogP contribution in [0.5, 0.6) is 5.75 Å². The highest BCUT2D eigenvalue weighted by Gasteiger charge is 2.26. The molecule has 9 heteroatoms. The SMILES string of the molecule is CN(C)CCCOc1ccc(CN=C(N)N2CCN(C(=O)OC(C)(C)C)CC2)cc1.I. The first-order valence-corrected chi connectivity index (χ1v) is 10.5. The molecule has 1 fully saturated rings. The van der Waals surface area contributed by atoms with Crippen molar-refractivity contribution in [2.45, 2.75) is 39.3 Å². The third-order valence-electron chi connectivity index (χ3n) is 4.62. The number of rotatable bonds is 7. The van der Waals surface area contributed by atoms with E-state index in [-0.39, 0.29) is 30.1 Å². The molecular formula is C22H38IN5O3. The van der Waals surface area contributed by atoms with Crippen LogP contribution in [0.2, 0.25) is 0 Å². The Balaban J connectivity index is 0.00000480. The van der Waals surface area contributed by atoms with Crippen molar-refractivity contribution in [3.05, 3.63) is 29.8 Å². The zero-order valence-corrected chi connectivity index (χ0v) is 21.8. The Bertz CT molecular complexity index is 696. The third kappa shape index (κ3) is 10.4. The van der Waals surface area contributed by atoms with Crippen molar-refractivity contribution < 1.29 is 14.3 Å². The number of carbonyl (C=O) groups excluding carboxylic acids is 1. The number of piperazine rings is 1. The van der Waals surface area contributed by atoms with Gasteiger partial charge in [-0.15, -0.1) is 24.0 Å². The normalized spacial score (nSPS) is 15.0. The molecule has 1 saturated heterocycles. The van der Waals surface area contributed by atoms with E-state index in [0.717, 1.165) is 24.3 Å². The second-order valence-corrected chi connectivity index (χ2v) is 8.78. The smallest absolute Gasteiger partial charge is 0.410 e. The van der Waals surface area contributed by atoms with Crippen LogP contribution >= 0.6 is 24.0 Å². The molecule has 0 unspecified atom stereocenters. The molecule has 1 aliphatic heterocycles. The lowest BCUT2D eigenvalue weighted by Gasteiger charge is -2.36. The second-order valence-electron chi connectivity index (χ2n) is 8.78. The molecule has 176 valence electrons. The van der Waals surface area contributed by atoms with Gasteiger partial charge in [-0.1, -0.05) is 12.1 Å². The molecule has 0 aromatic heterocycles. The van der Waals surface area contributed by atoms with Crippen LogP contribution in [0.4, 0.5) is 4.79 Å². The molecule has 0 saturated carbocycles. The van der Waals surface area contributed by atoms with E-state index in [1.54, 1.807) is 4.90 Å². The Morgan fingerprint density at radius 3 is 2.23 bits per heavy atom. The number of nitrogens with zero attached hydrogens (tertiary/aromatic N) is 4. The predicted molar refractivity (Wildman–Crippen MR) is 135 cm³/mol. The van der Waals surface area contributed by atoms with E-state index in [0.29, 0.717) is 45.3 Å². The standard InChI is InChI=1S/C22H37N5O3.HI/c1-22(2,3)30-21(28)27-14-12-26(13-15-27)20(23)24-17-18-7-9-19(10-8-18)29-16-6-11-25(4)5;/h7-10H,6,11-17H2,1-5H3,(H2,23,24);1H. The maximum Gasteiger partial charge on any atom is 0.410 e. The maximum absolute atomic E-state index is 12.2. The summed E-state index contributed by atoms with van der Waals surface area (Å²) >= 11 is 0. The highest BCUT2D eigenvalue weighted by molar-refractivity contribution is 14.0. The summed E-state index contributed by atoms with van der Waals surface area (Å²) < 4.78 is 11.2. The molecule has 2 N–H and O–H groups in total. The molecule has 0 atom stereocenters. The average molecular weight is 547 g/mol. The number of hydrogen-bond acceptors (Lipinski definition) is 5. The van der Waals surface area contributed by atoms with Crippen molar-refractivity contribution in [1.82, 2.24) is 14.7 Å². The molecule has 0 bridgehead atoms. The van der Waals surface area contributed by atoms with Crippen LogP contribution < -0.4 is 10.5 Å².